The van der Waals surface area contributed by atoms with Gasteiger partial charge in [0.15, 0.2) is 23.1 Å². The number of hydrogen-bond acceptors (Lipinski definition) is 24. The van der Waals surface area contributed by atoms with Crippen LogP contribution in [0.4, 0.5) is 0 Å². The smallest absolute Gasteiger partial charge is 0.224 e. The molecule has 5 N–H and O–H groups in total. The minimum absolute atomic E-state index is 0.0335. The van der Waals surface area contributed by atoms with Crippen LogP contribution < -0.4 is 26.6 Å². The van der Waals surface area contributed by atoms with Crippen LogP contribution in [0.1, 0.15) is 341 Å². The molecule has 12 rings (SSSR count). The number of benzene rings is 4. The molecule has 0 spiro atoms. The maximum absolute atomic E-state index is 13.6. The number of nitrogens with one attached hydrogen (secondary N) is 5. The second kappa shape index (κ2) is 63.4. The standard InChI is InChI=1S/C31H41N3O3S.C30H39N3O3S.C29H38N4O3S.C29H37N3O3S/c1-4-9-26(35)18-24(19-30-34-27-14-12-22(5-2)17-29(27)38-30)31(37)33-25(13-15-28(36)21(3)20-32)16-23-10-7-6-8-11-23;1-4-21-11-13-26-28(16-21)37-29(33-26)18-23(17-25(34)5-2)30(36)32-24(12-14-27(35)20(3)19-31)15-22-9-7-6-8-10-22;1-4-20-10-12-24-26(15-20)37-28(33-24)17-22(16-27(35)31-3)29(36)32-23(11-13-25(34)19(2)18-30)14-21-8-6-5-7-9-21;1-4-21-10-12-25-27(16-21)36-28(32-25)17-23(14-20(3)33)29(35)31-24(11-13-26(34)19(2)18-30)15-22-8-6-5-7-9-22/h12,14,17,23-25H,3-11,13,15-16,18-19H2,1-2H3,(H,33,37);11,13,16,22-24H,3-10,12,14-15,17-18H2,1-2H3,(H,32,36);10,12,15,21-23H,2,4-9,11,13-14,16-17H2,1,3H3,(H,31,35)(H,32,36);10,12,16,22-24H,2,4-9,11,13-15,17H2,1,3H3,(H,31,35)/t24-,25+;23-,24+;22-,23+;23-,24+/m0000/s1. The van der Waals surface area contributed by atoms with Gasteiger partial charge in [0, 0.05) is 121 Å². The van der Waals surface area contributed by atoms with E-state index in [1.54, 1.807) is 52.4 Å². The third-order valence-electron chi connectivity index (χ3n) is 29.4. The molecule has 4 fully saturated rings. The first-order valence-corrected chi connectivity index (χ1v) is 57.5. The molecular formula is C119H155N13O12S4. The van der Waals surface area contributed by atoms with Crippen LogP contribution in [0.3, 0.4) is 0 Å². The first kappa shape index (κ1) is 120. The van der Waals surface area contributed by atoms with Gasteiger partial charge in [-0.1, -0.05) is 221 Å². The van der Waals surface area contributed by atoms with E-state index in [-0.39, 0.29) is 168 Å². The highest BCUT2D eigenvalue weighted by Gasteiger charge is 2.35. The van der Waals surface area contributed by atoms with Crippen molar-refractivity contribution < 1.29 is 57.5 Å². The summed E-state index contributed by atoms with van der Waals surface area (Å²) in [5, 5.41) is 54.8. The zero-order valence-corrected chi connectivity index (χ0v) is 91.8. The van der Waals surface area contributed by atoms with Gasteiger partial charge in [0.25, 0.3) is 0 Å². The van der Waals surface area contributed by atoms with Crippen molar-refractivity contribution >= 4 is 156 Å². The first-order chi connectivity index (χ1) is 71.2. The van der Waals surface area contributed by atoms with Crippen LogP contribution in [0.25, 0.3) is 40.9 Å². The molecule has 8 aromatic rings. The van der Waals surface area contributed by atoms with Crippen LogP contribution in [-0.2, 0) is 109 Å². The number of aryl methyl sites for hydroxylation is 4. The number of allylic oxidation sites excluding steroid dienone is 4. The van der Waals surface area contributed by atoms with Crippen LogP contribution in [0.2, 0.25) is 0 Å². The Morgan fingerprint density at radius 1 is 0.345 bits per heavy atom. The monoisotopic (exact) mass is 2090 g/mol. The van der Waals surface area contributed by atoms with E-state index < -0.39 is 23.7 Å². The summed E-state index contributed by atoms with van der Waals surface area (Å²) < 4.78 is 4.38. The molecule has 0 aliphatic heterocycles. The van der Waals surface area contributed by atoms with Gasteiger partial charge >= 0.3 is 0 Å². The van der Waals surface area contributed by atoms with E-state index in [1.165, 1.54) is 106 Å². The number of nitriles is 4. The predicted octanol–water partition coefficient (Wildman–Crippen LogP) is 23.9. The molecule has 29 heteroatoms. The second-order valence-corrected chi connectivity index (χ2v) is 45.5. The van der Waals surface area contributed by atoms with Crippen LogP contribution >= 0.6 is 45.3 Å². The van der Waals surface area contributed by atoms with Crippen molar-refractivity contribution in [3.8, 4) is 24.3 Å². The third-order valence-corrected chi connectivity index (χ3v) is 33.6. The van der Waals surface area contributed by atoms with Gasteiger partial charge in [-0.3, -0.25) is 52.7 Å². The van der Waals surface area contributed by atoms with Gasteiger partial charge in [0.1, 0.15) is 41.6 Å². The highest BCUT2D eigenvalue weighted by molar-refractivity contribution is 7.19. The van der Waals surface area contributed by atoms with Gasteiger partial charge in [0.05, 0.1) is 107 Å². The van der Waals surface area contributed by atoms with Gasteiger partial charge in [-0.25, -0.2) is 19.9 Å². The molecule has 8 atom stereocenters. The Morgan fingerprint density at radius 3 is 0.811 bits per heavy atom. The number of carbonyl (C=O) groups is 12. The fourth-order valence-corrected chi connectivity index (χ4v) is 25.0. The fraction of sp³-hybridized carbons (Fsp3) is 0.563. The lowest BCUT2D eigenvalue weighted by Gasteiger charge is -2.28. The van der Waals surface area contributed by atoms with Crippen molar-refractivity contribution in [2.24, 2.45) is 47.3 Å². The molecule has 4 saturated carbocycles. The van der Waals surface area contributed by atoms with E-state index in [0.29, 0.717) is 87.9 Å². The summed E-state index contributed by atoms with van der Waals surface area (Å²) in [6.07, 6.45) is 37.0. The lowest BCUT2D eigenvalue weighted by molar-refractivity contribution is -0.130. The maximum Gasteiger partial charge on any atom is 0.224 e. The van der Waals surface area contributed by atoms with Crippen molar-refractivity contribution in [1.29, 1.82) is 21.0 Å². The molecule has 0 unspecified atom stereocenters. The van der Waals surface area contributed by atoms with Crippen molar-refractivity contribution in [2.45, 2.75) is 374 Å². The summed E-state index contributed by atoms with van der Waals surface area (Å²) >= 11 is 6.33. The highest BCUT2D eigenvalue weighted by Crippen LogP contribution is 2.38. The Bertz CT molecular complexity index is 5900. The van der Waals surface area contributed by atoms with E-state index >= 15 is 0 Å². The van der Waals surface area contributed by atoms with Crippen molar-refractivity contribution in [3.63, 3.8) is 0 Å². The van der Waals surface area contributed by atoms with E-state index in [1.807, 2.05) is 62.4 Å². The quantitative estimate of drug-likeness (QED) is 0.0175. The molecule has 4 aromatic carbocycles. The minimum atomic E-state index is -0.565. The largest absolute Gasteiger partial charge is 0.359 e. The fourth-order valence-electron chi connectivity index (χ4n) is 20.6. The van der Waals surface area contributed by atoms with Gasteiger partial charge in [-0.2, -0.15) is 21.0 Å². The van der Waals surface area contributed by atoms with Crippen molar-refractivity contribution in [2.75, 3.05) is 7.05 Å². The van der Waals surface area contributed by atoms with Crippen LogP contribution in [0.15, 0.2) is 121 Å². The molecule has 5 amide bonds. The number of aromatic nitrogens is 4. The normalized spacial score (nSPS) is 15.6. The third kappa shape index (κ3) is 40.4. The average Bonchev–Trinajstić information content (AvgIpc) is 1.69. The SMILES string of the molecule is C=C(C#N)C(=O)CC[C@H](CC1CCCCC1)NC(=O)[C@@H](CC(=O)CC)Cc1nc2ccc(CC)cc2s1.C=C(C#N)C(=O)CC[C@H](CC1CCCCC1)NC(=O)[C@@H](CC(=O)CCC)Cc1nc2ccc(CC)cc2s1.C=C(C#N)C(=O)CC[C@H](CC1CCCCC1)NC(=O)[C@@H](CC(=O)NC)Cc1nc2ccc(CC)cc2s1.C=C(C#N)C(=O)CC[C@H](CC1CCCCC1)NC(=O)[C@@H](CC(C)=O)Cc1nc2ccc(CC)cc2s1. The molecule has 25 nitrogen and oxygen atoms in total. The zero-order chi connectivity index (χ0) is 107. The lowest BCUT2D eigenvalue weighted by atomic mass is 9.83. The lowest BCUT2D eigenvalue weighted by Crippen LogP contribution is -2.42. The number of hydrogen-bond donors (Lipinski definition) is 5. The van der Waals surface area contributed by atoms with E-state index in [4.69, 9.17) is 41.0 Å². The number of rotatable bonds is 55. The van der Waals surface area contributed by atoms with Gasteiger partial charge in [-0.15, -0.1) is 45.3 Å². The Kier molecular flexibility index (Phi) is 51.4. The summed E-state index contributed by atoms with van der Waals surface area (Å²) in [4.78, 5) is 172. The summed E-state index contributed by atoms with van der Waals surface area (Å²) in [7, 11) is 1.57. The van der Waals surface area contributed by atoms with E-state index in [9.17, 15) is 57.5 Å². The average molecular weight is 2090 g/mol. The Hall–Kier alpha value is -11.6. The zero-order valence-electron chi connectivity index (χ0n) is 88.5. The molecule has 4 aromatic heterocycles. The molecule has 0 bridgehead atoms. The number of Topliss-reactive ketones (excluding diaryl/α,β-unsaturated/α-hetero) is 7. The molecule has 148 heavy (non-hydrogen) atoms. The number of amides is 5. The minimum Gasteiger partial charge on any atom is -0.359 e. The predicted molar refractivity (Wildman–Crippen MR) is 592 cm³/mol. The Labute approximate surface area is 891 Å². The number of thiazole rings is 4. The topological polar surface area (TPSA) is 412 Å². The number of nitrogens with zero attached hydrogens (tertiary/aromatic N) is 8. The summed E-state index contributed by atoms with van der Waals surface area (Å²) in [6.45, 7) is 27.9. The van der Waals surface area contributed by atoms with Crippen LogP contribution in [-0.4, -0.2) is 121 Å². The van der Waals surface area contributed by atoms with Crippen molar-refractivity contribution in [1.82, 2.24) is 46.5 Å². The molecule has 4 aliphatic carbocycles. The maximum atomic E-state index is 13.6. The summed E-state index contributed by atoms with van der Waals surface area (Å²) in [5.41, 5.74) is 8.46. The molecular weight excluding hydrogens is 1930 g/mol. The van der Waals surface area contributed by atoms with E-state index in [2.05, 4.69) is 129 Å². The summed E-state index contributed by atoms with van der Waals surface area (Å²) in [5.74, 6) is -1.87. The molecule has 4 aliphatic rings. The summed E-state index contributed by atoms with van der Waals surface area (Å²) in [6, 6.07) is 31.5. The van der Waals surface area contributed by atoms with Crippen LogP contribution in [0, 0.1) is 92.7 Å². The molecule has 0 radical (unpaired) electrons. The van der Waals surface area contributed by atoms with Gasteiger partial charge in [-0.05, 0) is 185 Å². The van der Waals surface area contributed by atoms with Gasteiger partial charge in [0.2, 0.25) is 29.5 Å². The first-order valence-electron chi connectivity index (χ1n) is 54.2. The molecule has 0 saturated heterocycles. The number of ketones is 7. The number of carbonyl (C=O) groups excluding carboxylic acids is 12. The molecule has 4 heterocycles. The Morgan fingerprint density at radius 2 is 0.588 bits per heavy atom. The van der Waals surface area contributed by atoms with E-state index in [0.717, 1.165) is 170 Å². The Balaban J connectivity index is 0.000000219. The molecule has 792 valence electrons. The van der Waals surface area contributed by atoms with Crippen LogP contribution in [0.5, 0.6) is 0 Å². The van der Waals surface area contributed by atoms with Gasteiger partial charge < -0.3 is 31.4 Å². The highest BCUT2D eigenvalue weighted by atomic mass is 32.1. The van der Waals surface area contributed by atoms with Crippen molar-refractivity contribution in [3.05, 3.63) is 164 Å². The number of fused-ring (bicyclic) bond motifs is 4. The second-order valence-electron chi connectivity index (χ2n) is 41.0.